The Morgan fingerprint density at radius 2 is 1.90 bits per heavy atom. The van der Waals surface area contributed by atoms with Crippen LogP contribution in [0.4, 0.5) is 5.69 Å². The van der Waals surface area contributed by atoms with Gasteiger partial charge in [0.05, 0.1) is 16.7 Å². The molecule has 3 heterocycles. The van der Waals surface area contributed by atoms with E-state index in [0.29, 0.717) is 24.7 Å². The van der Waals surface area contributed by atoms with Gasteiger partial charge in [-0.25, -0.2) is 4.98 Å². The van der Waals surface area contributed by atoms with E-state index >= 15 is 0 Å². The lowest BCUT2D eigenvalue weighted by Crippen LogP contribution is -2.48. The normalized spacial score (nSPS) is 19.4. The molecule has 8 heteroatoms. The summed E-state index contributed by atoms with van der Waals surface area (Å²) in [7, 11) is -1.84. The molecule has 2 aromatic rings. The quantitative estimate of drug-likeness (QED) is 0.745. The molecule has 1 aromatic heterocycles. The van der Waals surface area contributed by atoms with Gasteiger partial charge in [-0.2, -0.15) is 12.7 Å². The van der Waals surface area contributed by atoms with Crippen LogP contribution in [0.2, 0.25) is 0 Å². The first-order chi connectivity index (χ1) is 13.7. The summed E-state index contributed by atoms with van der Waals surface area (Å²) in [5.74, 6) is 1.63. The number of rotatable bonds is 5. The van der Waals surface area contributed by atoms with Crippen LogP contribution in [0.5, 0.6) is 0 Å². The van der Waals surface area contributed by atoms with Crippen LogP contribution in [-0.2, 0) is 26.9 Å². The van der Waals surface area contributed by atoms with Gasteiger partial charge in [-0.15, -0.1) is 0 Å². The minimum absolute atomic E-state index is 0.0973. The van der Waals surface area contributed by atoms with E-state index in [4.69, 9.17) is 9.72 Å². The van der Waals surface area contributed by atoms with E-state index in [1.807, 2.05) is 18.2 Å². The van der Waals surface area contributed by atoms with Crippen molar-refractivity contribution in [1.29, 1.82) is 0 Å². The number of benzene rings is 1. The highest BCUT2D eigenvalue weighted by atomic mass is 32.2. The van der Waals surface area contributed by atoms with E-state index in [0.717, 1.165) is 55.9 Å². The largest absolute Gasteiger partial charge is 0.381 e. The molecule has 160 valence electrons. The second-order valence-electron chi connectivity index (χ2n) is 9.25. The Hall–Kier alpha value is -1.64. The Labute approximate surface area is 173 Å². The molecule has 7 nitrogen and oxygen atoms in total. The summed E-state index contributed by atoms with van der Waals surface area (Å²) in [4.78, 5) is 4.95. The van der Waals surface area contributed by atoms with Crippen molar-refractivity contribution in [3.8, 4) is 0 Å². The minimum Gasteiger partial charge on any atom is -0.381 e. The molecule has 2 aliphatic rings. The molecule has 0 radical (unpaired) electrons. The average Bonchev–Trinajstić information content (AvgIpc) is 2.98. The van der Waals surface area contributed by atoms with Gasteiger partial charge in [0.1, 0.15) is 5.82 Å². The summed E-state index contributed by atoms with van der Waals surface area (Å²) in [5, 5.41) is 0. The van der Waals surface area contributed by atoms with Gasteiger partial charge in [0.2, 0.25) is 0 Å². The lowest BCUT2D eigenvalue weighted by atomic mass is 9.94. The zero-order valence-corrected chi connectivity index (χ0v) is 18.7. The Bertz CT molecular complexity index is 983. The fourth-order valence-electron chi connectivity index (χ4n) is 4.08. The van der Waals surface area contributed by atoms with Crippen molar-refractivity contribution in [2.24, 2.45) is 5.92 Å². The molecule has 0 spiro atoms. The van der Waals surface area contributed by atoms with Crippen molar-refractivity contribution in [3.63, 3.8) is 0 Å². The van der Waals surface area contributed by atoms with E-state index in [-0.39, 0.29) is 5.41 Å². The van der Waals surface area contributed by atoms with E-state index < -0.39 is 10.2 Å². The van der Waals surface area contributed by atoms with Crippen LogP contribution in [0.3, 0.4) is 0 Å². The van der Waals surface area contributed by atoms with E-state index in [2.05, 4.69) is 25.3 Å². The van der Waals surface area contributed by atoms with Gasteiger partial charge in [0, 0.05) is 45.3 Å². The highest BCUT2D eigenvalue weighted by Gasteiger charge is 2.32. The first-order valence-corrected chi connectivity index (χ1v) is 11.9. The molecule has 0 amide bonds. The number of anilines is 1. The number of hydrogen-bond acceptors (Lipinski definition) is 4. The number of ether oxygens (including phenoxy) is 1. The predicted molar refractivity (Wildman–Crippen MR) is 115 cm³/mol. The second kappa shape index (κ2) is 7.56. The van der Waals surface area contributed by atoms with Crippen LogP contribution in [0.15, 0.2) is 18.2 Å². The minimum atomic E-state index is -3.46. The number of hydrogen-bond donors (Lipinski definition) is 0. The molecule has 2 saturated heterocycles. The van der Waals surface area contributed by atoms with Gasteiger partial charge in [0.25, 0.3) is 0 Å². The average molecular weight is 421 g/mol. The van der Waals surface area contributed by atoms with Gasteiger partial charge in [0.15, 0.2) is 0 Å². The monoisotopic (exact) mass is 420 g/mol. The van der Waals surface area contributed by atoms with Crippen molar-refractivity contribution in [2.75, 3.05) is 37.7 Å². The Balaban J connectivity index is 1.71. The SMILES string of the molecule is CN(c1ccc2c(c1)nc(C(C)(C)C)n2CC1CCOCC1)S(=O)(=O)N1CCC1. The zero-order valence-electron chi connectivity index (χ0n) is 17.9. The highest BCUT2D eigenvalue weighted by molar-refractivity contribution is 7.90. The Kier molecular flexibility index (Phi) is 5.38. The van der Waals surface area contributed by atoms with Gasteiger partial charge < -0.3 is 9.30 Å². The molecule has 2 aliphatic heterocycles. The summed E-state index contributed by atoms with van der Waals surface area (Å²) < 4.78 is 36.3. The summed E-state index contributed by atoms with van der Waals surface area (Å²) in [6.45, 7) is 10.3. The molecule has 0 bridgehead atoms. The maximum Gasteiger partial charge on any atom is 0.303 e. The molecule has 0 atom stereocenters. The second-order valence-corrected chi connectivity index (χ2v) is 11.2. The van der Waals surface area contributed by atoms with Crippen LogP contribution >= 0.6 is 0 Å². The van der Waals surface area contributed by atoms with Gasteiger partial charge in [-0.05, 0) is 43.4 Å². The van der Waals surface area contributed by atoms with Crippen LogP contribution in [0.1, 0.15) is 45.9 Å². The predicted octanol–water partition coefficient (Wildman–Crippen LogP) is 3.15. The summed E-state index contributed by atoms with van der Waals surface area (Å²) in [6, 6.07) is 5.82. The van der Waals surface area contributed by atoms with Crippen LogP contribution in [-0.4, -0.2) is 55.6 Å². The van der Waals surface area contributed by atoms with Crippen LogP contribution in [0, 0.1) is 5.92 Å². The smallest absolute Gasteiger partial charge is 0.303 e. The first kappa shape index (κ1) is 20.6. The van der Waals surface area contributed by atoms with Crippen molar-refractivity contribution in [2.45, 2.75) is 52.0 Å². The third-order valence-corrected chi connectivity index (χ3v) is 7.96. The van der Waals surface area contributed by atoms with Gasteiger partial charge in [-0.1, -0.05) is 20.8 Å². The first-order valence-electron chi connectivity index (χ1n) is 10.5. The number of imidazole rings is 1. The Morgan fingerprint density at radius 1 is 1.21 bits per heavy atom. The van der Waals surface area contributed by atoms with Crippen molar-refractivity contribution in [1.82, 2.24) is 13.9 Å². The van der Waals surface area contributed by atoms with E-state index in [1.54, 1.807) is 7.05 Å². The molecule has 2 fully saturated rings. The molecule has 1 aromatic carbocycles. The third kappa shape index (κ3) is 3.90. The van der Waals surface area contributed by atoms with Crippen molar-refractivity contribution in [3.05, 3.63) is 24.0 Å². The number of aromatic nitrogens is 2. The summed E-state index contributed by atoms with van der Waals surface area (Å²) in [5.41, 5.74) is 2.48. The summed E-state index contributed by atoms with van der Waals surface area (Å²) in [6.07, 6.45) is 3.06. The fourth-order valence-corrected chi connectivity index (χ4v) is 5.53. The van der Waals surface area contributed by atoms with Gasteiger partial charge >= 0.3 is 10.2 Å². The topological polar surface area (TPSA) is 67.7 Å². The molecule has 0 N–H and O–H groups in total. The lowest BCUT2D eigenvalue weighted by molar-refractivity contribution is 0.0611. The Morgan fingerprint density at radius 3 is 2.48 bits per heavy atom. The molecule has 0 saturated carbocycles. The maximum absolute atomic E-state index is 12.8. The van der Waals surface area contributed by atoms with Crippen molar-refractivity contribution < 1.29 is 13.2 Å². The fraction of sp³-hybridized carbons (Fsp3) is 0.667. The maximum atomic E-state index is 12.8. The van der Waals surface area contributed by atoms with E-state index in [9.17, 15) is 8.42 Å². The molecule has 0 aliphatic carbocycles. The molecular weight excluding hydrogens is 388 g/mol. The third-order valence-electron chi connectivity index (χ3n) is 6.04. The summed E-state index contributed by atoms with van der Waals surface area (Å²) >= 11 is 0. The standard InChI is InChI=1S/C21H32N4O3S/c1-21(2,3)20-22-18-14-17(23(4)29(26,27)24-10-5-11-24)6-7-19(18)25(20)15-16-8-12-28-13-9-16/h6-7,14,16H,5,8-13,15H2,1-4H3. The zero-order chi connectivity index (χ0) is 20.8. The van der Waals surface area contributed by atoms with E-state index in [1.165, 1.54) is 8.61 Å². The van der Waals surface area contributed by atoms with Crippen LogP contribution in [0.25, 0.3) is 11.0 Å². The molecule has 0 unspecified atom stereocenters. The number of nitrogens with zero attached hydrogens (tertiary/aromatic N) is 4. The molecule has 4 rings (SSSR count). The lowest BCUT2D eigenvalue weighted by Gasteiger charge is -2.34. The molecular formula is C21H32N4O3S. The van der Waals surface area contributed by atoms with Crippen molar-refractivity contribution >= 4 is 26.9 Å². The number of fused-ring (bicyclic) bond motifs is 1. The molecule has 29 heavy (non-hydrogen) atoms. The highest BCUT2D eigenvalue weighted by Crippen LogP contribution is 2.32. The van der Waals surface area contributed by atoms with Crippen LogP contribution < -0.4 is 4.31 Å². The van der Waals surface area contributed by atoms with Gasteiger partial charge in [-0.3, -0.25) is 4.31 Å².